The number of rotatable bonds is 4. The minimum atomic E-state index is -0.710. The number of hydrogen-bond acceptors (Lipinski definition) is 5. The molecule has 8 heteroatoms. The molecule has 0 N–H and O–H groups in total. The zero-order valence-corrected chi connectivity index (χ0v) is 12.0. The lowest BCUT2D eigenvalue weighted by Gasteiger charge is -2.07. The van der Waals surface area contributed by atoms with Crippen molar-refractivity contribution in [1.29, 1.82) is 0 Å². The Bertz CT molecular complexity index is 689. The summed E-state index contributed by atoms with van der Waals surface area (Å²) >= 11 is 2.03. The van der Waals surface area contributed by atoms with Gasteiger partial charge in [-0.05, 0) is 40.8 Å². The van der Waals surface area contributed by atoms with E-state index in [4.69, 9.17) is 4.74 Å². The number of ether oxygens (including phenoxy) is 1. The molecule has 0 amide bonds. The highest BCUT2D eigenvalue weighted by molar-refractivity contribution is 14.1. The van der Waals surface area contributed by atoms with Gasteiger partial charge in [-0.3, -0.25) is 20.2 Å². The predicted octanol–water partition coefficient (Wildman–Crippen LogP) is 3.90. The molecule has 0 heterocycles. The van der Waals surface area contributed by atoms with Crippen molar-refractivity contribution in [2.75, 3.05) is 0 Å². The van der Waals surface area contributed by atoms with E-state index in [1.54, 1.807) is 24.3 Å². The van der Waals surface area contributed by atoms with Crippen molar-refractivity contribution in [3.05, 3.63) is 66.3 Å². The molecule has 0 spiro atoms. The summed E-state index contributed by atoms with van der Waals surface area (Å²) < 4.78 is 6.24. The van der Waals surface area contributed by atoms with Crippen molar-refractivity contribution in [2.24, 2.45) is 0 Å². The Balaban J connectivity index is 2.44. The second-order valence-corrected chi connectivity index (χ2v) is 4.86. The van der Waals surface area contributed by atoms with Crippen LogP contribution in [0.25, 0.3) is 0 Å². The SMILES string of the molecule is O=[N+]([O-])c1ccc(Oc2ccccc2I)c([N+](=O)[O-])c1. The molecule has 7 nitrogen and oxygen atoms in total. The first-order valence-corrected chi connectivity index (χ1v) is 6.42. The number of halogens is 1. The normalized spacial score (nSPS) is 10.1. The van der Waals surface area contributed by atoms with Gasteiger partial charge in [-0.15, -0.1) is 0 Å². The zero-order valence-electron chi connectivity index (χ0n) is 9.86. The van der Waals surface area contributed by atoms with Gasteiger partial charge in [0.2, 0.25) is 5.75 Å². The van der Waals surface area contributed by atoms with Gasteiger partial charge in [0.15, 0.2) is 0 Å². The van der Waals surface area contributed by atoms with Crippen LogP contribution in [0.5, 0.6) is 11.5 Å². The molecule has 0 unspecified atom stereocenters. The molecule has 102 valence electrons. The Kier molecular flexibility index (Phi) is 4.13. The largest absolute Gasteiger partial charge is 0.449 e. The van der Waals surface area contributed by atoms with Crippen LogP contribution in [0, 0.1) is 23.8 Å². The number of non-ortho nitro benzene ring substituents is 1. The van der Waals surface area contributed by atoms with Crippen LogP contribution >= 0.6 is 22.6 Å². The molecule has 0 aliphatic heterocycles. The number of para-hydroxylation sites is 1. The highest BCUT2D eigenvalue weighted by Crippen LogP contribution is 2.35. The Morgan fingerprint density at radius 1 is 0.950 bits per heavy atom. The van der Waals surface area contributed by atoms with Crippen LogP contribution < -0.4 is 4.74 Å². The number of benzene rings is 2. The third-order valence-corrected chi connectivity index (χ3v) is 3.30. The van der Waals surface area contributed by atoms with Crippen molar-refractivity contribution in [3.63, 3.8) is 0 Å². The highest BCUT2D eigenvalue weighted by atomic mass is 127. The molecule has 2 aromatic rings. The van der Waals surface area contributed by atoms with Crippen LogP contribution in [0.15, 0.2) is 42.5 Å². The van der Waals surface area contributed by atoms with Gasteiger partial charge in [0, 0.05) is 6.07 Å². The lowest BCUT2D eigenvalue weighted by molar-refractivity contribution is -0.394. The summed E-state index contributed by atoms with van der Waals surface area (Å²) in [4.78, 5) is 20.2. The summed E-state index contributed by atoms with van der Waals surface area (Å²) in [6.07, 6.45) is 0. The lowest BCUT2D eigenvalue weighted by atomic mass is 10.2. The van der Waals surface area contributed by atoms with Crippen molar-refractivity contribution in [3.8, 4) is 11.5 Å². The van der Waals surface area contributed by atoms with Crippen molar-refractivity contribution < 1.29 is 14.6 Å². The van der Waals surface area contributed by atoms with Gasteiger partial charge in [0.25, 0.3) is 5.69 Å². The van der Waals surface area contributed by atoms with Gasteiger partial charge in [-0.1, -0.05) is 12.1 Å². The maximum Gasteiger partial charge on any atom is 0.318 e. The standard InChI is InChI=1S/C12H7IN2O5/c13-9-3-1-2-4-11(9)20-12-6-5-8(14(16)17)7-10(12)15(18)19/h1-7H. The van der Waals surface area contributed by atoms with Crippen molar-refractivity contribution in [1.82, 2.24) is 0 Å². The van der Waals surface area contributed by atoms with Gasteiger partial charge in [-0.25, -0.2) is 0 Å². The molecule has 0 bridgehead atoms. The van der Waals surface area contributed by atoms with Gasteiger partial charge in [-0.2, -0.15) is 0 Å². The average molecular weight is 386 g/mol. The number of nitro groups is 2. The Labute approximate surface area is 126 Å². The quantitative estimate of drug-likeness (QED) is 0.451. The zero-order chi connectivity index (χ0) is 14.7. The van der Waals surface area contributed by atoms with Gasteiger partial charge < -0.3 is 4.74 Å². The number of nitrogens with zero attached hydrogens (tertiary/aromatic N) is 2. The maximum absolute atomic E-state index is 11.0. The molecule has 0 atom stereocenters. The van der Waals surface area contributed by atoms with Gasteiger partial charge in [0.05, 0.1) is 19.5 Å². The molecule has 0 saturated carbocycles. The first kappa shape index (κ1) is 14.2. The summed E-state index contributed by atoms with van der Waals surface area (Å²) in [5.41, 5.74) is -0.800. The molecule has 20 heavy (non-hydrogen) atoms. The minimum absolute atomic E-state index is 0.0373. The average Bonchev–Trinajstić information content (AvgIpc) is 2.41. The van der Waals surface area contributed by atoms with Crippen LogP contribution in [0.1, 0.15) is 0 Å². The summed E-state index contributed by atoms with van der Waals surface area (Å²) in [5.74, 6) is 0.412. The fraction of sp³-hybridized carbons (Fsp3) is 0. The monoisotopic (exact) mass is 386 g/mol. The summed E-state index contributed by atoms with van der Waals surface area (Å²) in [5, 5.41) is 21.6. The molecule has 0 saturated heterocycles. The van der Waals surface area contributed by atoms with E-state index in [-0.39, 0.29) is 11.4 Å². The Morgan fingerprint density at radius 2 is 1.65 bits per heavy atom. The molecule has 2 rings (SSSR count). The van der Waals surface area contributed by atoms with E-state index in [2.05, 4.69) is 0 Å². The van der Waals surface area contributed by atoms with Gasteiger partial charge >= 0.3 is 5.69 Å². The predicted molar refractivity (Wildman–Crippen MR) is 79.0 cm³/mol. The van der Waals surface area contributed by atoms with Crippen LogP contribution in [0.2, 0.25) is 0 Å². The number of hydrogen-bond donors (Lipinski definition) is 0. The molecular formula is C12H7IN2O5. The van der Waals surface area contributed by atoms with Crippen LogP contribution in [0.3, 0.4) is 0 Å². The molecule has 0 aliphatic rings. The second-order valence-electron chi connectivity index (χ2n) is 3.70. The fourth-order valence-electron chi connectivity index (χ4n) is 1.49. The fourth-order valence-corrected chi connectivity index (χ4v) is 1.99. The summed E-state index contributed by atoms with van der Waals surface area (Å²) in [6, 6.07) is 10.2. The van der Waals surface area contributed by atoms with E-state index < -0.39 is 15.5 Å². The molecular weight excluding hydrogens is 379 g/mol. The topological polar surface area (TPSA) is 95.5 Å². The summed E-state index contributed by atoms with van der Waals surface area (Å²) in [6.45, 7) is 0. The van der Waals surface area contributed by atoms with Crippen LogP contribution in [-0.2, 0) is 0 Å². The molecule has 0 aromatic heterocycles. The molecule has 2 aromatic carbocycles. The second kappa shape index (κ2) is 5.82. The third kappa shape index (κ3) is 3.02. The Hall–Kier alpha value is -2.23. The molecule has 0 fully saturated rings. The summed E-state index contributed by atoms with van der Waals surface area (Å²) in [7, 11) is 0. The number of nitro benzene ring substituents is 2. The van der Waals surface area contributed by atoms with Gasteiger partial charge in [0.1, 0.15) is 5.75 Å². The first-order valence-electron chi connectivity index (χ1n) is 5.34. The van der Waals surface area contributed by atoms with E-state index in [9.17, 15) is 20.2 Å². The minimum Gasteiger partial charge on any atom is -0.449 e. The highest BCUT2D eigenvalue weighted by Gasteiger charge is 2.21. The van der Waals surface area contributed by atoms with E-state index in [1.807, 2.05) is 22.6 Å². The maximum atomic E-state index is 11.0. The smallest absolute Gasteiger partial charge is 0.318 e. The van der Waals surface area contributed by atoms with E-state index in [0.717, 1.165) is 15.7 Å². The van der Waals surface area contributed by atoms with Crippen LogP contribution in [0.4, 0.5) is 11.4 Å². The first-order chi connectivity index (χ1) is 9.49. The van der Waals surface area contributed by atoms with Crippen molar-refractivity contribution >= 4 is 34.0 Å². The van der Waals surface area contributed by atoms with Crippen molar-refractivity contribution in [2.45, 2.75) is 0 Å². The van der Waals surface area contributed by atoms with E-state index in [1.165, 1.54) is 6.07 Å². The van der Waals surface area contributed by atoms with E-state index in [0.29, 0.717) is 5.75 Å². The Morgan fingerprint density at radius 3 is 2.25 bits per heavy atom. The third-order valence-electron chi connectivity index (χ3n) is 2.41. The molecule has 0 radical (unpaired) electrons. The molecule has 0 aliphatic carbocycles. The van der Waals surface area contributed by atoms with Crippen LogP contribution in [-0.4, -0.2) is 9.85 Å². The van der Waals surface area contributed by atoms with E-state index >= 15 is 0 Å². The lowest BCUT2D eigenvalue weighted by Crippen LogP contribution is -1.96.